The summed E-state index contributed by atoms with van der Waals surface area (Å²) >= 11 is 0. The van der Waals surface area contributed by atoms with E-state index in [0.717, 1.165) is 0 Å². The van der Waals surface area contributed by atoms with Gasteiger partial charge in [0.25, 0.3) is 0 Å². The summed E-state index contributed by atoms with van der Waals surface area (Å²) in [4.78, 5) is 35.0. The van der Waals surface area contributed by atoms with Crippen molar-refractivity contribution in [3.63, 3.8) is 0 Å². The van der Waals surface area contributed by atoms with Crippen molar-refractivity contribution in [1.29, 1.82) is 0 Å². The molecule has 0 rings (SSSR count). The Balaban J connectivity index is 0. The zero-order valence-electron chi connectivity index (χ0n) is 17.9. The molecule has 0 fully saturated rings. The molecule has 0 radical (unpaired) electrons. The van der Waals surface area contributed by atoms with Crippen LogP contribution < -0.4 is 21.3 Å². The van der Waals surface area contributed by atoms with Crippen LogP contribution in [0.2, 0.25) is 0 Å². The van der Waals surface area contributed by atoms with Gasteiger partial charge in [0.05, 0.1) is 5.54 Å². The van der Waals surface area contributed by atoms with Crippen molar-refractivity contribution in [3.8, 4) is 0 Å². The predicted molar refractivity (Wildman–Crippen MR) is 107 cm³/mol. The van der Waals surface area contributed by atoms with Gasteiger partial charge < -0.3 is 21.3 Å². The van der Waals surface area contributed by atoms with Crippen LogP contribution in [0.25, 0.3) is 0 Å². The minimum Gasteiger partial charge on any atom is -0.354 e. The first-order valence-electron chi connectivity index (χ1n) is 9.65. The average Bonchev–Trinajstić information content (AvgIpc) is 2.61. The van der Waals surface area contributed by atoms with E-state index >= 15 is 0 Å². The second-order valence-corrected chi connectivity index (χ2v) is 6.97. The van der Waals surface area contributed by atoms with E-state index in [2.05, 4.69) is 35.1 Å². The van der Waals surface area contributed by atoms with Crippen LogP contribution in [0, 0.1) is 11.8 Å². The fourth-order valence-electron chi connectivity index (χ4n) is 1.94. The number of hydrogen-bond donors (Lipinski definition) is 4. The molecule has 1 unspecified atom stereocenters. The third-order valence-corrected chi connectivity index (χ3v) is 3.63. The number of rotatable bonds is 11. The van der Waals surface area contributed by atoms with Crippen LogP contribution in [0.4, 0.5) is 0 Å². The molecule has 0 spiro atoms. The van der Waals surface area contributed by atoms with E-state index < -0.39 is 5.54 Å². The van der Waals surface area contributed by atoms with Crippen molar-refractivity contribution in [2.75, 3.05) is 26.2 Å². The Morgan fingerprint density at radius 3 is 1.81 bits per heavy atom. The summed E-state index contributed by atoms with van der Waals surface area (Å²) in [5.74, 6) is -0.00926. The minimum absolute atomic E-state index is 0.0598. The normalized spacial score (nSPS) is 12.7. The molecule has 0 aliphatic carbocycles. The lowest BCUT2D eigenvalue weighted by Crippen LogP contribution is -2.65. The summed E-state index contributed by atoms with van der Waals surface area (Å²) in [6.07, 6.45) is 0.388. The number of nitrogens with one attached hydrogen (secondary N) is 4. The maximum absolute atomic E-state index is 11.9. The highest BCUT2D eigenvalue weighted by molar-refractivity contribution is 5.78. The molecule has 0 saturated carbocycles. The maximum atomic E-state index is 11.9. The lowest BCUT2D eigenvalue weighted by atomic mass is 9.97. The summed E-state index contributed by atoms with van der Waals surface area (Å²) in [5.41, 5.74) is -0.634. The third-order valence-electron chi connectivity index (χ3n) is 3.63. The second-order valence-electron chi connectivity index (χ2n) is 6.97. The van der Waals surface area contributed by atoms with Gasteiger partial charge in [-0.1, -0.05) is 48.5 Å². The van der Waals surface area contributed by atoms with Crippen LogP contribution in [0.1, 0.15) is 61.8 Å². The van der Waals surface area contributed by atoms with Crippen LogP contribution in [0.5, 0.6) is 0 Å². The van der Waals surface area contributed by atoms with E-state index in [4.69, 9.17) is 0 Å². The Kier molecular flexibility index (Phi) is 14.9. The largest absolute Gasteiger partial charge is 0.354 e. The molecule has 0 bridgehead atoms. The summed E-state index contributed by atoms with van der Waals surface area (Å²) in [6, 6.07) is 0. The lowest BCUT2D eigenvalue weighted by molar-refractivity contribution is -0.124. The van der Waals surface area contributed by atoms with Crippen LogP contribution >= 0.6 is 0 Å². The van der Waals surface area contributed by atoms with Crippen molar-refractivity contribution in [1.82, 2.24) is 21.3 Å². The standard InChI is InChI=1S/C17H34N4O3.C2H6/c1-7-15(23)19-10-17(9-18-14(6)22,21-8-12(2)3)11-20-16(24)13(4)5;1-2/h12-13,21H,7-11H2,1-6H3,(H,18,22)(H,19,23)(H,20,24);1-2H3. The molecule has 154 valence electrons. The molecule has 0 aromatic carbocycles. The molecule has 7 nitrogen and oxygen atoms in total. The van der Waals surface area contributed by atoms with Crippen LogP contribution in [0.3, 0.4) is 0 Å². The lowest BCUT2D eigenvalue weighted by Gasteiger charge is -2.36. The second kappa shape index (κ2) is 14.5. The molecular formula is C19H40N4O3. The quantitative estimate of drug-likeness (QED) is 0.441. The molecule has 0 saturated heterocycles. The fourth-order valence-corrected chi connectivity index (χ4v) is 1.94. The van der Waals surface area contributed by atoms with E-state index in [0.29, 0.717) is 38.5 Å². The van der Waals surface area contributed by atoms with Gasteiger partial charge in [-0.05, 0) is 12.5 Å². The Labute approximate surface area is 159 Å². The van der Waals surface area contributed by atoms with Gasteiger partial charge in [-0.25, -0.2) is 0 Å². The molecule has 0 aliphatic rings. The van der Waals surface area contributed by atoms with Crippen molar-refractivity contribution in [2.24, 2.45) is 11.8 Å². The van der Waals surface area contributed by atoms with Crippen LogP contribution in [-0.4, -0.2) is 49.4 Å². The highest BCUT2D eigenvalue weighted by Gasteiger charge is 2.31. The predicted octanol–water partition coefficient (Wildman–Crippen LogP) is 1.43. The van der Waals surface area contributed by atoms with E-state index in [1.54, 1.807) is 6.92 Å². The summed E-state index contributed by atoms with van der Waals surface area (Å²) in [6.45, 7) is 16.7. The molecule has 0 heterocycles. The van der Waals surface area contributed by atoms with Crippen molar-refractivity contribution >= 4 is 17.7 Å². The van der Waals surface area contributed by atoms with Gasteiger partial charge in [0.15, 0.2) is 0 Å². The Hall–Kier alpha value is -1.63. The third kappa shape index (κ3) is 12.7. The van der Waals surface area contributed by atoms with Gasteiger partial charge in [0.2, 0.25) is 17.7 Å². The first-order valence-corrected chi connectivity index (χ1v) is 9.65. The number of carbonyl (C=O) groups excluding carboxylic acids is 3. The number of hydrogen-bond acceptors (Lipinski definition) is 4. The van der Waals surface area contributed by atoms with Gasteiger partial charge in [-0.2, -0.15) is 0 Å². The molecular weight excluding hydrogens is 332 g/mol. The molecule has 0 aromatic rings. The van der Waals surface area contributed by atoms with Crippen molar-refractivity contribution < 1.29 is 14.4 Å². The molecule has 1 atom stereocenters. The smallest absolute Gasteiger partial charge is 0.222 e. The molecule has 4 N–H and O–H groups in total. The van der Waals surface area contributed by atoms with Gasteiger partial charge in [0, 0.05) is 38.9 Å². The molecule has 26 heavy (non-hydrogen) atoms. The van der Waals surface area contributed by atoms with Crippen molar-refractivity contribution in [2.45, 2.75) is 67.3 Å². The highest BCUT2D eigenvalue weighted by Crippen LogP contribution is 2.05. The van der Waals surface area contributed by atoms with E-state index in [9.17, 15) is 14.4 Å². The SMILES string of the molecule is CC.CCC(=O)NCC(CNC(C)=O)(CNC(=O)C(C)C)NCC(C)C. The Morgan fingerprint density at radius 1 is 0.885 bits per heavy atom. The first-order chi connectivity index (χ1) is 12.1. The molecule has 3 amide bonds. The zero-order valence-corrected chi connectivity index (χ0v) is 17.9. The van der Waals surface area contributed by atoms with E-state index in [-0.39, 0.29) is 23.6 Å². The zero-order chi connectivity index (χ0) is 20.8. The van der Waals surface area contributed by atoms with Gasteiger partial charge in [-0.3, -0.25) is 14.4 Å². The van der Waals surface area contributed by atoms with Gasteiger partial charge >= 0.3 is 0 Å². The molecule has 0 aromatic heterocycles. The van der Waals surface area contributed by atoms with Crippen LogP contribution in [-0.2, 0) is 14.4 Å². The number of amides is 3. The monoisotopic (exact) mass is 372 g/mol. The summed E-state index contributed by atoms with van der Waals surface area (Å²) < 4.78 is 0. The van der Waals surface area contributed by atoms with Gasteiger partial charge in [-0.15, -0.1) is 0 Å². The van der Waals surface area contributed by atoms with Gasteiger partial charge in [0.1, 0.15) is 0 Å². The Morgan fingerprint density at radius 2 is 1.38 bits per heavy atom. The first kappa shape index (κ1) is 26.6. The van der Waals surface area contributed by atoms with E-state index in [1.165, 1.54) is 6.92 Å². The van der Waals surface area contributed by atoms with E-state index in [1.807, 2.05) is 27.7 Å². The average molecular weight is 373 g/mol. The topological polar surface area (TPSA) is 99.3 Å². The highest BCUT2D eigenvalue weighted by atomic mass is 16.2. The summed E-state index contributed by atoms with van der Waals surface area (Å²) in [5, 5.41) is 12.0. The molecule has 0 aliphatic heterocycles. The summed E-state index contributed by atoms with van der Waals surface area (Å²) in [7, 11) is 0. The number of carbonyl (C=O) groups is 3. The fraction of sp³-hybridized carbons (Fsp3) is 0.842. The maximum Gasteiger partial charge on any atom is 0.222 e. The van der Waals surface area contributed by atoms with Crippen LogP contribution in [0.15, 0.2) is 0 Å². The Bertz CT molecular complexity index is 425. The minimum atomic E-state index is -0.634. The van der Waals surface area contributed by atoms with Crippen molar-refractivity contribution in [3.05, 3.63) is 0 Å². The molecule has 7 heteroatoms.